The first kappa shape index (κ1) is 14.9. The van der Waals surface area contributed by atoms with Crippen LogP contribution in [-0.4, -0.2) is 5.91 Å². The highest BCUT2D eigenvalue weighted by molar-refractivity contribution is 6.30. The van der Waals surface area contributed by atoms with Crippen LogP contribution in [0.2, 0.25) is 5.02 Å². The van der Waals surface area contributed by atoms with Gasteiger partial charge in [-0.25, -0.2) is 0 Å². The molecule has 0 aromatic heterocycles. The van der Waals surface area contributed by atoms with E-state index in [1.54, 1.807) is 30.3 Å². The van der Waals surface area contributed by atoms with E-state index in [1.807, 2.05) is 24.3 Å². The zero-order valence-electron chi connectivity index (χ0n) is 11.2. The highest BCUT2D eigenvalue weighted by atomic mass is 35.5. The second kappa shape index (κ2) is 7.32. The zero-order chi connectivity index (χ0) is 15.1. The molecule has 106 valence electrons. The molecule has 0 aliphatic carbocycles. The van der Waals surface area contributed by atoms with Crippen LogP contribution in [0, 0.1) is 11.3 Å². The summed E-state index contributed by atoms with van der Waals surface area (Å²) in [5.74, 6) is 1.12. The molecule has 4 nitrogen and oxygen atoms in total. The van der Waals surface area contributed by atoms with Crippen molar-refractivity contribution in [3.63, 3.8) is 0 Å². The van der Waals surface area contributed by atoms with Crippen LogP contribution in [0.25, 0.3) is 0 Å². The van der Waals surface area contributed by atoms with Gasteiger partial charge in [-0.1, -0.05) is 23.7 Å². The van der Waals surface area contributed by atoms with Crippen LogP contribution in [-0.2, 0) is 11.3 Å². The summed E-state index contributed by atoms with van der Waals surface area (Å²) in [5, 5.41) is 11.7. The number of nitriles is 1. The summed E-state index contributed by atoms with van der Waals surface area (Å²) in [5.41, 5.74) is 0.935. The van der Waals surface area contributed by atoms with Gasteiger partial charge in [0.15, 0.2) is 0 Å². The van der Waals surface area contributed by atoms with Crippen molar-refractivity contribution in [2.45, 2.75) is 13.0 Å². The SMILES string of the molecule is N#CCC(=O)NCc1ccc(Oc2ccc(Cl)cc2)cc1. The predicted octanol–water partition coefficient (Wildman–Crippen LogP) is 3.66. The van der Waals surface area contributed by atoms with Gasteiger partial charge in [-0.3, -0.25) is 4.79 Å². The molecule has 0 heterocycles. The number of ether oxygens (including phenoxy) is 1. The van der Waals surface area contributed by atoms with E-state index in [-0.39, 0.29) is 12.3 Å². The van der Waals surface area contributed by atoms with Crippen molar-refractivity contribution in [3.05, 3.63) is 59.1 Å². The minimum absolute atomic E-state index is 0.127. The van der Waals surface area contributed by atoms with E-state index in [4.69, 9.17) is 21.6 Å². The maximum Gasteiger partial charge on any atom is 0.234 e. The van der Waals surface area contributed by atoms with Crippen LogP contribution >= 0.6 is 11.6 Å². The molecule has 1 N–H and O–H groups in total. The lowest BCUT2D eigenvalue weighted by Gasteiger charge is -2.07. The van der Waals surface area contributed by atoms with Gasteiger partial charge in [-0.05, 0) is 42.0 Å². The molecular formula is C16H13ClN2O2. The fraction of sp³-hybridized carbons (Fsp3) is 0.125. The normalized spacial score (nSPS) is 9.71. The van der Waals surface area contributed by atoms with Crippen LogP contribution < -0.4 is 10.1 Å². The third-order valence-corrected chi connectivity index (χ3v) is 2.95. The molecule has 5 heteroatoms. The van der Waals surface area contributed by atoms with Crippen molar-refractivity contribution in [2.24, 2.45) is 0 Å². The second-order valence-corrected chi connectivity index (χ2v) is 4.75. The summed E-state index contributed by atoms with van der Waals surface area (Å²) in [6.07, 6.45) is -0.127. The number of hydrogen-bond acceptors (Lipinski definition) is 3. The third-order valence-electron chi connectivity index (χ3n) is 2.70. The molecule has 0 radical (unpaired) electrons. The maximum absolute atomic E-state index is 11.2. The molecule has 0 spiro atoms. The highest BCUT2D eigenvalue weighted by Gasteiger charge is 2.01. The summed E-state index contributed by atoms with van der Waals surface area (Å²) >= 11 is 5.81. The van der Waals surface area contributed by atoms with E-state index in [0.717, 1.165) is 5.56 Å². The molecular weight excluding hydrogens is 288 g/mol. The Kier molecular flexibility index (Phi) is 5.19. The van der Waals surface area contributed by atoms with Gasteiger partial charge in [0.1, 0.15) is 17.9 Å². The molecule has 1 amide bonds. The Morgan fingerprint density at radius 2 is 1.67 bits per heavy atom. The number of halogens is 1. The predicted molar refractivity (Wildman–Crippen MR) is 80.0 cm³/mol. The van der Waals surface area contributed by atoms with Gasteiger partial charge in [-0.2, -0.15) is 5.26 Å². The Hall–Kier alpha value is -2.51. The van der Waals surface area contributed by atoms with E-state index >= 15 is 0 Å². The Morgan fingerprint density at radius 3 is 2.24 bits per heavy atom. The lowest BCUT2D eigenvalue weighted by atomic mass is 10.2. The van der Waals surface area contributed by atoms with Gasteiger partial charge >= 0.3 is 0 Å². The van der Waals surface area contributed by atoms with E-state index in [0.29, 0.717) is 23.1 Å². The number of nitrogens with one attached hydrogen (secondary N) is 1. The minimum Gasteiger partial charge on any atom is -0.457 e. The van der Waals surface area contributed by atoms with Crippen LogP contribution in [0.1, 0.15) is 12.0 Å². The molecule has 2 aromatic rings. The number of carbonyl (C=O) groups excluding carboxylic acids is 1. The first-order chi connectivity index (χ1) is 10.2. The van der Waals surface area contributed by atoms with E-state index in [9.17, 15) is 4.79 Å². The quantitative estimate of drug-likeness (QED) is 0.916. The smallest absolute Gasteiger partial charge is 0.234 e. The zero-order valence-corrected chi connectivity index (χ0v) is 11.9. The molecule has 0 aliphatic heterocycles. The second-order valence-electron chi connectivity index (χ2n) is 4.31. The van der Waals surface area contributed by atoms with Crippen molar-refractivity contribution >= 4 is 17.5 Å². The summed E-state index contributed by atoms with van der Waals surface area (Å²) in [6.45, 7) is 0.391. The number of nitrogens with zero attached hydrogens (tertiary/aromatic N) is 1. The average molecular weight is 301 g/mol. The lowest BCUT2D eigenvalue weighted by Crippen LogP contribution is -2.21. The van der Waals surface area contributed by atoms with Gasteiger partial charge in [0.05, 0.1) is 6.07 Å². The van der Waals surface area contributed by atoms with Gasteiger partial charge < -0.3 is 10.1 Å². The van der Waals surface area contributed by atoms with Crippen molar-refractivity contribution in [2.75, 3.05) is 0 Å². The lowest BCUT2D eigenvalue weighted by molar-refractivity contribution is -0.120. The van der Waals surface area contributed by atoms with Crippen molar-refractivity contribution in [3.8, 4) is 17.6 Å². The number of hydrogen-bond donors (Lipinski definition) is 1. The van der Waals surface area contributed by atoms with Gasteiger partial charge in [0, 0.05) is 11.6 Å². The average Bonchev–Trinajstić information content (AvgIpc) is 2.49. The Labute approximate surface area is 127 Å². The fourth-order valence-corrected chi connectivity index (χ4v) is 1.78. The van der Waals surface area contributed by atoms with Crippen molar-refractivity contribution in [1.29, 1.82) is 5.26 Å². The van der Waals surface area contributed by atoms with Gasteiger partial charge in [-0.15, -0.1) is 0 Å². The Bertz CT molecular complexity index is 645. The largest absolute Gasteiger partial charge is 0.457 e. The molecule has 2 rings (SSSR count). The summed E-state index contributed by atoms with van der Waals surface area (Å²) in [4.78, 5) is 11.2. The van der Waals surface area contributed by atoms with Crippen LogP contribution in [0.4, 0.5) is 0 Å². The first-order valence-electron chi connectivity index (χ1n) is 6.33. The molecule has 0 aliphatic rings. The van der Waals surface area contributed by atoms with E-state index in [2.05, 4.69) is 5.32 Å². The molecule has 2 aromatic carbocycles. The van der Waals surface area contributed by atoms with Crippen LogP contribution in [0.5, 0.6) is 11.5 Å². The Balaban J connectivity index is 1.91. The summed E-state index contributed by atoms with van der Waals surface area (Å²) in [7, 11) is 0. The monoisotopic (exact) mass is 300 g/mol. The standard InChI is InChI=1S/C16H13ClN2O2/c17-13-3-7-15(8-4-13)21-14-5-1-12(2-6-14)11-19-16(20)9-10-18/h1-8H,9,11H2,(H,19,20). The molecule has 21 heavy (non-hydrogen) atoms. The topological polar surface area (TPSA) is 62.1 Å². The summed E-state index contributed by atoms with van der Waals surface area (Å²) < 4.78 is 5.66. The van der Waals surface area contributed by atoms with E-state index in [1.165, 1.54) is 0 Å². The Morgan fingerprint density at radius 1 is 1.10 bits per heavy atom. The summed E-state index contributed by atoms with van der Waals surface area (Å²) in [6, 6.07) is 16.3. The molecule has 0 unspecified atom stereocenters. The van der Waals surface area contributed by atoms with Crippen molar-refractivity contribution in [1.82, 2.24) is 5.32 Å². The first-order valence-corrected chi connectivity index (χ1v) is 6.71. The number of amides is 1. The number of benzene rings is 2. The maximum atomic E-state index is 11.2. The van der Waals surface area contributed by atoms with Crippen LogP contribution in [0.3, 0.4) is 0 Å². The van der Waals surface area contributed by atoms with Crippen molar-refractivity contribution < 1.29 is 9.53 Å². The fourth-order valence-electron chi connectivity index (χ4n) is 1.65. The van der Waals surface area contributed by atoms with Crippen LogP contribution in [0.15, 0.2) is 48.5 Å². The number of carbonyl (C=O) groups is 1. The minimum atomic E-state index is -0.279. The molecule has 0 saturated carbocycles. The van der Waals surface area contributed by atoms with Gasteiger partial charge in [0.2, 0.25) is 5.91 Å². The molecule has 0 fully saturated rings. The van der Waals surface area contributed by atoms with Gasteiger partial charge in [0.25, 0.3) is 0 Å². The molecule has 0 atom stereocenters. The number of rotatable bonds is 5. The van der Waals surface area contributed by atoms with E-state index < -0.39 is 0 Å². The highest BCUT2D eigenvalue weighted by Crippen LogP contribution is 2.23. The molecule has 0 saturated heterocycles. The third kappa shape index (κ3) is 4.83. The molecule has 0 bridgehead atoms.